The molecule has 2 fully saturated rings. The molecule has 2 aromatic carbocycles. The number of nitrogens with one attached hydrogen (secondary N) is 1. The van der Waals surface area contributed by atoms with Crippen LogP contribution in [0.5, 0.6) is 11.5 Å². The Balaban J connectivity index is 1.31. The molecule has 220 valence electrons. The van der Waals surface area contributed by atoms with Gasteiger partial charge < -0.3 is 20.7 Å². The van der Waals surface area contributed by atoms with Gasteiger partial charge in [0.25, 0.3) is 5.91 Å². The zero-order valence-corrected chi connectivity index (χ0v) is 22.9. The van der Waals surface area contributed by atoms with Gasteiger partial charge >= 0.3 is 0 Å². The highest BCUT2D eigenvalue weighted by Gasteiger charge is 2.31. The fourth-order valence-electron chi connectivity index (χ4n) is 5.60. The highest BCUT2D eigenvalue weighted by atomic mass is 19.2. The van der Waals surface area contributed by atoms with Gasteiger partial charge in [-0.25, -0.2) is 23.4 Å². The Hall–Kier alpha value is -4.96. The van der Waals surface area contributed by atoms with E-state index < -0.39 is 17.5 Å². The maximum atomic E-state index is 15.5. The molecule has 0 bridgehead atoms. The lowest BCUT2D eigenvalue weighted by Gasteiger charge is -2.33. The molecular weight excluding hydrogens is 561 g/mol. The Morgan fingerprint density at radius 1 is 1.14 bits per heavy atom. The first-order valence-corrected chi connectivity index (χ1v) is 13.9. The summed E-state index contributed by atoms with van der Waals surface area (Å²) in [5.41, 5.74) is 6.94. The number of halogens is 3. The summed E-state index contributed by atoms with van der Waals surface area (Å²) in [6, 6.07) is 9.04. The molecule has 3 N–H and O–H groups in total. The van der Waals surface area contributed by atoms with Gasteiger partial charge in [-0.1, -0.05) is 6.07 Å². The van der Waals surface area contributed by atoms with E-state index in [0.29, 0.717) is 30.4 Å². The lowest BCUT2D eigenvalue weighted by molar-refractivity contribution is -0.128. The minimum absolute atomic E-state index is 0.00366. The Kier molecular flexibility index (Phi) is 7.69. The Bertz CT molecular complexity index is 1780. The molecule has 0 saturated carbocycles. The van der Waals surface area contributed by atoms with E-state index in [1.165, 1.54) is 30.6 Å². The van der Waals surface area contributed by atoms with Gasteiger partial charge in [0.05, 0.1) is 11.4 Å². The smallest absolute Gasteiger partial charge is 0.264 e. The minimum Gasteiger partial charge on any atom is -0.454 e. The van der Waals surface area contributed by atoms with Crippen molar-refractivity contribution in [1.29, 1.82) is 5.26 Å². The third kappa shape index (κ3) is 5.49. The zero-order chi connectivity index (χ0) is 30.1. The van der Waals surface area contributed by atoms with Gasteiger partial charge in [-0.05, 0) is 62.6 Å². The van der Waals surface area contributed by atoms with E-state index in [1.54, 1.807) is 15.7 Å². The summed E-state index contributed by atoms with van der Waals surface area (Å²) in [7, 11) is 0. The van der Waals surface area contributed by atoms with Crippen molar-refractivity contribution in [3.05, 3.63) is 71.8 Å². The number of benzene rings is 2. The Morgan fingerprint density at radius 2 is 2.00 bits per heavy atom. The number of carbonyl (C=O) groups excluding carboxylic acids is 1. The number of hydrogen-bond donors (Lipinski definition) is 2. The Labute approximate surface area is 244 Å². The standard InChI is InChI=1S/C30H27F3N8O2/c31-22-6-1-7-24(26(22)33)43-20-8-9-21(23(32)13-20)27-25-28(35)37-16-38-29(25)41(39-27)19-5-3-11-40(15-19)30(42)17(14-34)12-18-4-2-10-36-18/h1,6-9,12-13,16,18-19,36H,2-5,10-11,15H2,(H2,35,37,38)/t18?,19-/m0/s1. The first-order chi connectivity index (χ1) is 20.8. The molecule has 0 radical (unpaired) electrons. The van der Waals surface area contributed by atoms with Crippen molar-refractivity contribution in [3.63, 3.8) is 0 Å². The quantitative estimate of drug-likeness (QED) is 0.246. The average molecular weight is 589 g/mol. The normalized spacial score (nSPS) is 19.0. The number of anilines is 1. The number of piperidine rings is 1. The number of nitrogens with two attached hydrogens (primary N) is 1. The number of rotatable bonds is 6. The van der Waals surface area contributed by atoms with Crippen molar-refractivity contribution < 1.29 is 22.7 Å². The number of nitriles is 1. The lowest BCUT2D eigenvalue weighted by atomic mass is 10.0. The number of hydrogen-bond acceptors (Lipinski definition) is 8. The summed E-state index contributed by atoms with van der Waals surface area (Å²) in [5.74, 6) is -3.70. The molecule has 0 spiro atoms. The molecule has 2 atom stereocenters. The SMILES string of the molecule is N#CC(=CC1CCCN1)C(=O)N1CCC[C@H](n2nc(-c3ccc(Oc4cccc(F)c4F)cc3F)c3c(N)ncnc32)C1. The van der Waals surface area contributed by atoms with Crippen LogP contribution in [0.25, 0.3) is 22.3 Å². The summed E-state index contributed by atoms with van der Waals surface area (Å²) in [6.45, 7) is 1.60. The molecule has 2 saturated heterocycles. The van der Waals surface area contributed by atoms with Crippen LogP contribution >= 0.6 is 0 Å². The van der Waals surface area contributed by atoms with Gasteiger partial charge in [-0.3, -0.25) is 4.79 Å². The monoisotopic (exact) mass is 588 g/mol. The molecule has 2 aliphatic heterocycles. The molecule has 6 rings (SSSR count). The average Bonchev–Trinajstić information content (AvgIpc) is 3.67. The molecular formula is C30H27F3N8O2. The molecule has 2 aliphatic rings. The van der Waals surface area contributed by atoms with Gasteiger partial charge in [-0.15, -0.1) is 0 Å². The second kappa shape index (κ2) is 11.7. The van der Waals surface area contributed by atoms with Crippen LogP contribution < -0.4 is 15.8 Å². The van der Waals surface area contributed by atoms with Crippen molar-refractivity contribution in [2.75, 3.05) is 25.4 Å². The largest absolute Gasteiger partial charge is 0.454 e. The van der Waals surface area contributed by atoms with Gasteiger partial charge in [0.1, 0.15) is 41.0 Å². The maximum Gasteiger partial charge on any atom is 0.264 e. The third-order valence-corrected chi connectivity index (χ3v) is 7.70. The third-order valence-electron chi connectivity index (χ3n) is 7.70. The topological polar surface area (TPSA) is 135 Å². The number of nitrogen functional groups attached to an aromatic ring is 1. The van der Waals surface area contributed by atoms with E-state index in [2.05, 4.69) is 21.4 Å². The second-order valence-corrected chi connectivity index (χ2v) is 10.5. The van der Waals surface area contributed by atoms with Gasteiger partial charge in [-0.2, -0.15) is 14.8 Å². The van der Waals surface area contributed by atoms with Gasteiger partial charge in [0, 0.05) is 30.8 Å². The number of fused-ring (bicyclic) bond motifs is 1. The number of ether oxygens (including phenoxy) is 1. The summed E-state index contributed by atoms with van der Waals surface area (Å²) >= 11 is 0. The highest BCUT2D eigenvalue weighted by Crippen LogP contribution is 2.37. The summed E-state index contributed by atoms with van der Waals surface area (Å²) in [4.78, 5) is 23.4. The van der Waals surface area contributed by atoms with E-state index in [0.717, 1.165) is 31.5 Å². The summed E-state index contributed by atoms with van der Waals surface area (Å²) in [6.07, 6.45) is 6.17. The molecule has 4 heterocycles. The molecule has 13 heteroatoms. The van der Waals surface area contributed by atoms with Crippen molar-refractivity contribution in [3.8, 4) is 28.8 Å². The minimum atomic E-state index is -1.19. The van der Waals surface area contributed by atoms with Gasteiger partial charge in [0.2, 0.25) is 5.82 Å². The van der Waals surface area contributed by atoms with Crippen LogP contribution in [0.4, 0.5) is 19.0 Å². The van der Waals surface area contributed by atoms with E-state index in [1.807, 2.05) is 0 Å². The Morgan fingerprint density at radius 3 is 2.77 bits per heavy atom. The molecule has 4 aromatic rings. The predicted octanol–water partition coefficient (Wildman–Crippen LogP) is 4.65. The van der Waals surface area contributed by atoms with Crippen molar-refractivity contribution in [2.24, 2.45) is 0 Å². The van der Waals surface area contributed by atoms with Crippen LogP contribution in [0.3, 0.4) is 0 Å². The van der Waals surface area contributed by atoms with E-state index in [4.69, 9.17) is 15.6 Å². The van der Waals surface area contributed by atoms with Crippen LogP contribution in [0.1, 0.15) is 31.7 Å². The second-order valence-electron chi connectivity index (χ2n) is 10.5. The molecule has 1 unspecified atom stereocenters. The molecule has 43 heavy (non-hydrogen) atoms. The van der Waals surface area contributed by atoms with Gasteiger partial charge in [0.15, 0.2) is 17.2 Å². The lowest BCUT2D eigenvalue weighted by Crippen LogP contribution is -2.41. The van der Waals surface area contributed by atoms with E-state index >= 15 is 4.39 Å². The highest BCUT2D eigenvalue weighted by molar-refractivity contribution is 5.99. The van der Waals surface area contributed by atoms with E-state index in [9.17, 15) is 18.8 Å². The maximum absolute atomic E-state index is 15.5. The number of aromatic nitrogens is 4. The van der Waals surface area contributed by atoms with Crippen LogP contribution in [-0.4, -0.2) is 56.2 Å². The van der Waals surface area contributed by atoms with E-state index in [-0.39, 0.29) is 58.7 Å². The van der Waals surface area contributed by atoms with Crippen molar-refractivity contribution in [2.45, 2.75) is 37.8 Å². The van der Waals surface area contributed by atoms with Crippen LogP contribution in [-0.2, 0) is 4.79 Å². The van der Waals surface area contributed by atoms with Crippen molar-refractivity contribution in [1.82, 2.24) is 30.0 Å². The molecule has 1 amide bonds. The first kappa shape index (κ1) is 28.2. The fourth-order valence-corrected chi connectivity index (χ4v) is 5.60. The number of likely N-dealkylation sites (tertiary alicyclic amines) is 1. The predicted molar refractivity (Wildman–Crippen MR) is 151 cm³/mol. The summed E-state index contributed by atoms with van der Waals surface area (Å²) < 4.78 is 50.2. The number of nitrogens with zero attached hydrogens (tertiary/aromatic N) is 6. The van der Waals surface area contributed by atoms with Crippen LogP contribution in [0.15, 0.2) is 54.4 Å². The first-order valence-electron chi connectivity index (χ1n) is 13.9. The summed E-state index contributed by atoms with van der Waals surface area (Å²) in [5, 5.41) is 18.0. The number of carbonyl (C=O) groups is 1. The van der Waals surface area contributed by atoms with Crippen molar-refractivity contribution >= 4 is 22.8 Å². The zero-order valence-electron chi connectivity index (χ0n) is 22.9. The fraction of sp³-hybridized carbons (Fsp3) is 0.300. The van der Waals surface area contributed by atoms with Crippen LogP contribution in [0, 0.1) is 28.8 Å². The number of amides is 1. The molecule has 0 aliphatic carbocycles. The molecule has 2 aromatic heterocycles. The van der Waals surface area contributed by atoms with Crippen LogP contribution in [0.2, 0.25) is 0 Å². The molecule has 10 nitrogen and oxygen atoms in total.